The average molecular weight is 432 g/mol. The molecular weight excluding hydrogens is 402 g/mol. The molecule has 0 N–H and O–H groups in total. The largest absolute Gasteiger partial charge is 0.436 e. The summed E-state index contributed by atoms with van der Waals surface area (Å²) in [5.41, 5.74) is 2.90. The Bertz CT molecular complexity index is 1110. The van der Waals surface area contributed by atoms with Crippen LogP contribution in [0.4, 0.5) is 0 Å². The second-order valence-electron chi connectivity index (χ2n) is 9.02. The number of nitrogens with zero attached hydrogens (tertiary/aromatic N) is 3. The van der Waals surface area contributed by atoms with Crippen molar-refractivity contribution in [1.82, 2.24) is 14.8 Å². The number of carbonyl (C=O) groups is 2. The van der Waals surface area contributed by atoms with Crippen molar-refractivity contribution < 1.29 is 14.0 Å². The van der Waals surface area contributed by atoms with E-state index in [-0.39, 0.29) is 17.7 Å². The van der Waals surface area contributed by atoms with E-state index in [2.05, 4.69) is 11.9 Å². The number of hydrogen-bond acceptors (Lipinski definition) is 4. The molecule has 1 atom stereocenters. The van der Waals surface area contributed by atoms with E-state index in [1.807, 2.05) is 52.3 Å². The van der Waals surface area contributed by atoms with Gasteiger partial charge in [-0.15, -0.1) is 0 Å². The van der Waals surface area contributed by atoms with Crippen molar-refractivity contribution in [3.05, 3.63) is 54.1 Å². The van der Waals surface area contributed by atoms with Crippen LogP contribution in [0.5, 0.6) is 0 Å². The fraction of sp³-hybridized carbons (Fsp3) is 0.423. The van der Waals surface area contributed by atoms with E-state index in [0.717, 1.165) is 49.9 Å². The molecule has 3 heterocycles. The molecule has 2 saturated heterocycles. The fourth-order valence-electron chi connectivity index (χ4n) is 4.97. The Morgan fingerprint density at radius 3 is 2.41 bits per heavy atom. The number of benzene rings is 2. The summed E-state index contributed by atoms with van der Waals surface area (Å²) >= 11 is 0. The molecule has 6 heteroatoms. The monoisotopic (exact) mass is 431 g/mol. The maximum Gasteiger partial charge on any atom is 0.253 e. The quantitative estimate of drug-likeness (QED) is 0.605. The molecule has 0 spiro atoms. The zero-order chi connectivity index (χ0) is 22.1. The second kappa shape index (κ2) is 8.77. The van der Waals surface area contributed by atoms with E-state index in [1.165, 1.54) is 0 Å². The molecule has 2 fully saturated rings. The molecule has 2 aromatic carbocycles. The lowest BCUT2D eigenvalue weighted by molar-refractivity contribution is -0.136. The third-order valence-corrected chi connectivity index (χ3v) is 7.00. The van der Waals surface area contributed by atoms with Gasteiger partial charge in [0.25, 0.3) is 5.91 Å². The Hall–Kier alpha value is -3.15. The summed E-state index contributed by atoms with van der Waals surface area (Å²) in [5.74, 6) is 1.24. The van der Waals surface area contributed by atoms with Gasteiger partial charge in [0, 0.05) is 43.2 Å². The first-order valence-corrected chi connectivity index (χ1v) is 11.6. The van der Waals surface area contributed by atoms with Crippen LogP contribution in [0.3, 0.4) is 0 Å². The van der Waals surface area contributed by atoms with Gasteiger partial charge in [0.1, 0.15) is 5.52 Å². The molecule has 6 nitrogen and oxygen atoms in total. The molecule has 3 aromatic rings. The molecule has 0 saturated carbocycles. The third kappa shape index (κ3) is 4.01. The summed E-state index contributed by atoms with van der Waals surface area (Å²) in [6, 6.07) is 15.2. The molecule has 1 aromatic heterocycles. The number of aromatic nitrogens is 1. The molecule has 2 aliphatic rings. The SMILES string of the molecule is C[C@@H](C(=O)N1CCCC1)C1CCN(C(=O)c2ccc3nc(-c4ccccc4)oc3c2)CC1. The van der Waals surface area contributed by atoms with Gasteiger partial charge in [-0.05, 0) is 61.9 Å². The number of fused-ring (bicyclic) bond motifs is 1. The van der Waals surface area contributed by atoms with Crippen LogP contribution in [0.1, 0.15) is 43.0 Å². The minimum Gasteiger partial charge on any atom is -0.436 e. The Labute approximate surface area is 188 Å². The van der Waals surface area contributed by atoms with Crippen molar-refractivity contribution in [2.75, 3.05) is 26.2 Å². The first-order chi connectivity index (χ1) is 15.6. The molecule has 5 rings (SSSR count). The number of oxazole rings is 1. The van der Waals surface area contributed by atoms with Crippen LogP contribution in [0.2, 0.25) is 0 Å². The lowest BCUT2D eigenvalue weighted by Crippen LogP contribution is -2.43. The first-order valence-electron chi connectivity index (χ1n) is 11.6. The smallest absolute Gasteiger partial charge is 0.253 e. The van der Waals surface area contributed by atoms with E-state index < -0.39 is 0 Å². The maximum absolute atomic E-state index is 13.1. The molecular formula is C26H29N3O3. The Balaban J connectivity index is 1.24. The van der Waals surface area contributed by atoms with Crippen molar-refractivity contribution in [3.63, 3.8) is 0 Å². The van der Waals surface area contributed by atoms with Crippen LogP contribution >= 0.6 is 0 Å². The van der Waals surface area contributed by atoms with Crippen LogP contribution in [-0.4, -0.2) is 52.8 Å². The van der Waals surface area contributed by atoms with Gasteiger partial charge in [0.2, 0.25) is 11.8 Å². The average Bonchev–Trinajstić information content (AvgIpc) is 3.53. The third-order valence-electron chi connectivity index (χ3n) is 7.00. The number of hydrogen-bond donors (Lipinski definition) is 0. The maximum atomic E-state index is 13.1. The van der Waals surface area contributed by atoms with Crippen LogP contribution in [0.25, 0.3) is 22.6 Å². The Morgan fingerprint density at radius 2 is 1.69 bits per heavy atom. The predicted molar refractivity (Wildman–Crippen MR) is 123 cm³/mol. The van der Waals surface area contributed by atoms with Gasteiger partial charge in [0.05, 0.1) is 0 Å². The van der Waals surface area contributed by atoms with Crippen LogP contribution < -0.4 is 0 Å². The zero-order valence-corrected chi connectivity index (χ0v) is 18.5. The van der Waals surface area contributed by atoms with Crippen molar-refractivity contribution in [1.29, 1.82) is 0 Å². The number of piperidine rings is 1. The summed E-state index contributed by atoms with van der Waals surface area (Å²) in [6.07, 6.45) is 3.98. The zero-order valence-electron chi connectivity index (χ0n) is 18.5. The van der Waals surface area contributed by atoms with Crippen molar-refractivity contribution in [2.24, 2.45) is 11.8 Å². The summed E-state index contributed by atoms with van der Waals surface area (Å²) < 4.78 is 5.93. The summed E-state index contributed by atoms with van der Waals surface area (Å²) in [5, 5.41) is 0. The van der Waals surface area contributed by atoms with E-state index in [9.17, 15) is 9.59 Å². The molecule has 166 valence electrons. The highest BCUT2D eigenvalue weighted by atomic mass is 16.3. The van der Waals surface area contributed by atoms with E-state index >= 15 is 0 Å². The number of carbonyl (C=O) groups excluding carboxylic acids is 2. The standard InChI is InChI=1S/C26H29N3O3/c1-18(25(30)28-13-5-6-14-28)19-11-15-29(16-12-19)26(31)21-9-10-22-23(17-21)32-24(27-22)20-7-3-2-4-8-20/h2-4,7-10,17-19H,5-6,11-16H2,1H3/t18-/m1/s1. The van der Waals surface area contributed by atoms with Crippen LogP contribution in [0, 0.1) is 11.8 Å². The van der Waals surface area contributed by atoms with Gasteiger partial charge in [-0.25, -0.2) is 4.98 Å². The first kappa shape index (κ1) is 20.7. The highest BCUT2D eigenvalue weighted by Gasteiger charge is 2.33. The summed E-state index contributed by atoms with van der Waals surface area (Å²) in [4.78, 5) is 34.3. The number of rotatable bonds is 4. The van der Waals surface area contributed by atoms with Crippen LogP contribution in [0.15, 0.2) is 52.9 Å². The van der Waals surface area contributed by atoms with Gasteiger partial charge in [-0.2, -0.15) is 0 Å². The lowest BCUT2D eigenvalue weighted by atomic mass is 9.84. The predicted octanol–water partition coefficient (Wildman–Crippen LogP) is 4.61. The molecule has 0 bridgehead atoms. The topological polar surface area (TPSA) is 66.7 Å². The second-order valence-corrected chi connectivity index (χ2v) is 9.02. The van der Waals surface area contributed by atoms with Crippen molar-refractivity contribution in [3.8, 4) is 11.5 Å². The number of likely N-dealkylation sites (tertiary alicyclic amines) is 2. The normalized spacial score (nSPS) is 18.3. The van der Waals surface area contributed by atoms with Crippen LogP contribution in [-0.2, 0) is 4.79 Å². The van der Waals surface area contributed by atoms with Gasteiger partial charge in [-0.3, -0.25) is 9.59 Å². The highest BCUT2D eigenvalue weighted by molar-refractivity contribution is 5.97. The highest BCUT2D eigenvalue weighted by Crippen LogP contribution is 2.29. The van der Waals surface area contributed by atoms with E-state index in [0.29, 0.717) is 36.0 Å². The van der Waals surface area contributed by atoms with Gasteiger partial charge in [-0.1, -0.05) is 25.1 Å². The van der Waals surface area contributed by atoms with Gasteiger partial charge >= 0.3 is 0 Å². The molecule has 0 aliphatic carbocycles. The molecule has 32 heavy (non-hydrogen) atoms. The lowest BCUT2D eigenvalue weighted by Gasteiger charge is -2.35. The number of amides is 2. The van der Waals surface area contributed by atoms with Gasteiger partial charge < -0.3 is 14.2 Å². The molecule has 2 amide bonds. The van der Waals surface area contributed by atoms with E-state index in [4.69, 9.17) is 4.42 Å². The van der Waals surface area contributed by atoms with E-state index in [1.54, 1.807) is 6.07 Å². The minimum absolute atomic E-state index is 0.0153. The summed E-state index contributed by atoms with van der Waals surface area (Å²) in [7, 11) is 0. The Kier molecular flexibility index (Phi) is 5.68. The summed E-state index contributed by atoms with van der Waals surface area (Å²) in [6.45, 7) is 5.23. The Morgan fingerprint density at radius 1 is 0.969 bits per heavy atom. The van der Waals surface area contributed by atoms with Crippen molar-refractivity contribution >= 4 is 22.9 Å². The minimum atomic E-state index is 0.0153. The van der Waals surface area contributed by atoms with Crippen molar-refractivity contribution in [2.45, 2.75) is 32.6 Å². The molecule has 0 radical (unpaired) electrons. The van der Waals surface area contributed by atoms with Gasteiger partial charge in [0.15, 0.2) is 5.58 Å². The fourth-order valence-corrected chi connectivity index (χ4v) is 4.97. The molecule has 2 aliphatic heterocycles. The molecule has 0 unspecified atom stereocenters.